The topological polar surface area (TPSA) is 61.4 Å². The highest BCUT2D eigenvalue weighted by Gasteiger charge is 2.26. The maximum Gasteiger partial charge on any atom is 0.242 e. The highest BCUT2D eigenvalue weighted by atomic mass is 32.1. The van der Waals surface area contributed by atoms with Crippen molar-refractivity contribution in [3.8, 4) is 0 Å². The molecule has 1 aromatic heterocycles. The van der Waals surface area contributed by atoms with E-state index in [9.17, 15) is 9.59 Å². The summed E-state index contributed by atoms with van der Waals surface area (Å²) in [4.78, 5) is 27.7. The van der Waals surface area contributed by atoms with Gasteiger partial charge in [-0.15, -0.1) is 0 Å². The smallest absolute Gasteiger partial charge is 0.242 e. The molecule has 0 aliphatic heterocycles. The highest BCUT2D eigenvalue weighted by molar-refractivity contribution is 7.07. The lowest BCUT2D eigenvalue weighted by atomic mass is 10.0. The van der Waals surface area contributed by atoms with E-state index in [1.807, 2.05) is 44.2 Å². The molecule has 0 radical (unpaired) electrons. The first kappa shape index (κ1) is 23.1. The van der Waals surface area contributed by atoms with Gasteiger partial charge >= 0.3 is 0 Å². The third-order valence-corrected chi connectivity index (χ3v) is 5.83. The molecule has 2 aromatic rings. The molecule has 6 heteroatoms. The second-order valence-corrected chi connectivity index (χ2v) is 8.27. The number of nitrogens with one attached hydrogen (secondary N) is 2. The highest BCUT2D eigenvalue weighted by Crippen LogP contribution is 2.22. The van der Waals surface area contributed by atoms with Crippen LogP contribution in [0.3, 0.4) is 0 Å². The van der Waals surface area contributed by atoms with E-state index < -0.39 is 6.04 Å². The predicted molar refractivity (Wildman–Crippen MR) is 120 cm³/mol. The third kappa shape index (κ3) is 6.98. The SMILES string of the molecule is CCN(CC)C(CNC(=O)C(NC(=O)Cc1ccccc1)C(C)C)c1ccsc1. The van der Waals surface area contributed by atoms with E-state index in [2.05, 4.69) is 46.2 Å². The Kier molecular flexibility index (Phi) is 9.35. The summed E-state index contributed by atoms with van der Waals surface area (Å²) < 4.78 is 0. The standard InChI is InChI=1S/C23H33N3O2S/c1-5-26(6-2)20(19-12-13-29-16-19)15-24-23(28)22(17(3)4)25-21(27)14-18-10-8-7-9-11-18/h7-13,16-17,20,22H,5-6,14-15H2,1-4H3,(H,24,28)(H,25,27). The molecule has 5 nitrogen and oxygen atoms in total. The Balaban J connectivity index is 1.99. The zero-order chi connectivity index (χ0) is 21.2. The van der Waals surface area contributed by atoms with Gasteiger partial charge < -0.3 is 10.6 Å². The minimum atomic E-state index is -0.550. The molecule has 0 spiro atoms. The maximum atomic E-state index is 12.9. The fourth-order valence-electron chi connectivity index (χ4n) is 3.43. The first-order valence-electron chi connectivity index (χ1n) is 10.3. The fourth-order valence-corrected chi connectivity index (χ4v) is 4.14. The van der Waals surface area contributed by atoms with E-state index in [-0.39, 0.29) is 30.2 Å². The third-order valence-electron chi connectivity index (χ3n) is 5.12. The van der Waals surface area contributed by atoms with Crippen LogP contribution in [0.15, 0.2) is 47.2 Å². The Bertz CT molecular complexity index is 743. The maximum absolute atomic E-state index is 12.9. The summed E-state index contributed by atoms with van der Waals surface area (Å²) in [6, 6.07) is 11.3. The zero-order valence-corrected chi connectivity index (χ0v) is 18.7. The number of hydrogen-bond acceptors (Lipinski definition) is 4. The van der Waals surface area contributed by atoms with Gasteiger partial charge in [-0.1, -0.05) is 58.0 Å². The first-order valence-corrected chi connectivity index (χ1v) is 11.3. The minimum Gasteiger partial charge on any atom is -0.352 e. The number of nitrogens with zero attached hydrogens (tertiary/aromatic N) is 1. The number of amides is 2. The van der Waals surface area contributed by atoms with Crippen molar-refractivity contribution >= 4 is 23.2 Å². The fraction of sp³-hybridized carbons (Fsp3) is 0.478. The van der Waals surface area contributed by atoms with Crippen LogP contribution in [-0.2, 0) is 16.0 Å². The molecule has 2 rings (SSSR count). The molecule has 158 valence electrons. The zero-order valence-electron chi connectivity index (χ0n) is 17.9. The molecule has 0 aliphatic carbocycles. The van der Waals surface area contributed by atoms with Crippen LogP contribution in [0.4, 0.5) is 0 Å². The molecule has 2 amide bonds. The van der Waals surface area contributed by atoms with E-state index in [4.69, 9.17) is 0 Å². The Morgan fingerprint density at radius 2 is 1.76 bits per heavy atom. The number of carbonyl (C=O) groups excluding carboxylic acids is 2. The lowest BCUT2D eigenvalue weighted by Gasteiger charge is -2.30. The molecule has 29 heavy (non-hydrogen) atoms. The van der Waals surface area contributed by atoms with Crippen molar-refractivity contribution in [2.24, 2.45) is 5.92 Å². The summed E-state index contributed by atoms with van der Waals surface area (Å²) in [5, 5.41) is 10.2. The van der Waals surface area contributed by atoms with Crippen LogP contribution >= 0.6 is 11.3 Å². The van der Waals surface area contributed by atoms with E-state index in [1.54, 1.807) is 11.3 Å². The normalized spacial score (nSPS) is 13.3. The van der Waals surface area contributed by atoms with Crippen molar-refractivity contribution in [2.75, 3.05) is 19.6 Å². The van der Waals surface area contributed by atoms with Crippen LogP contribution in [0.5, 0.6) is 0 Å². The van der Waals surface area contributed by atoms with Crippen LogP contribution in [0.25, 0.3) is 0 Å². The molecule has 2 atom stereocenters. The molecule has 0 bridgehead atoms. The molecule has 0 aliphatic rings. The van der Waals surface area contributed by atoms with Crippen LogP contribution in [-0.4, -0.2) is 42.4 Å². The summed E-state index contributed by atoms with van der Waals surface area (Å²) in [6.07, 6.45) is 0.272. The average Bonchev–Trinajstić information content (AvgIpc) is 3.24. The summed E-state index contributed by atoms with van der Waals surface area (Å²) in [6.45, 7) is 10.5. The molecular formula is C23H33N3O2S. The Morgan fingerprint density at radius 3 is 2.31 bits per heavy atom. The van der Waals surface area contributed by atoms with Crippen molar-refractivity contribution < 1.29 is 9.59 Å². The number of carbonyl (C=O) groups is 2. The summed E-state index contributed by atoms with van der Waals surface area (Å²) in [7, 11) is 0. The molecular weight excluding hydrogens is 382 g/mol. The lowest BCUT2D eigenvalue weighted by molar-refractivity contribution is -0.129. The minimum absolute atomic E-state index is 0.00257. The van der Waals surface area contributed by atoms with Gasteiger partial charge in [0.1, 0.15) is 6.04 Å². The Hall–Kier alpha value is -2.18. The van der Waals surface area contributed by atoms with Gasteiger partial charge in [0.15, 0.2) is 0 Å². The van der Waals surface area contributed by atoms with Gasteiger partial charge in [-0.25, -0.2) is 0 Å². The first-order chi connectivity index (χ1) is 14.0. The second-order valence-electron chi connectivity index (χ2n) is 7.49. The molecule has 2 N–H and O–H groups in total. The number of likely N-dealkylation sites (N-methyl/N-ethyl adjacent to an activating group) is 1. The largest absolute Gasteiger partial charge is 0.352 e. The quantitative estimate of drug-likeness (QED) is 0.589. The van der Waals surface area contributed by atoms with Crippen molar-refractivity contribution in [3.05, 3.63) is 58.3 Å². The number of rotatable bonds is 11. The van der Waals surface area contributed by atoms with Gasteiger partial charge in [0.05, 0.1) is 12.5 Å². The monoisotopic (exact) mass is 415 g/mol. The van der Waals surface area contributed by atoms with Crippen LogP contribution < -0.4 is 10.6 Å². The molecule has 0 saturated carbocycles. The molecule has 2 unspecified atom stereocenters. The average molecular weight is 416 g/mol. The van der Waals surface area contributed by atoms with E-state index >= 15 is 0 Å². The van der Waals surface area contributed by atoms with Gasteiger partial charge in [-0.2, -0.15) is 11.3 Å². The lowest BCUT2D eigenvalue weighted by Crippen LogP contribution is -2.51. The molecule has 0 fully saturated rings. The number of thiophene rings is 1. The van der Waals surface area contributed by atoms with Gasteiger partial charge in [-0.3, -0.25) is 14.5 Å². The van der Waals surface area contributed by atoms with E-state index in [0.717, 1.165) is 18.7 Å². The summed E-state index contributed by atoms with van der Waals surface area (Å²) in [5.41, 5.74) is 2.15. The summed E-state index contributed by atoms with van der Waals surface area (Å²) in [5.74, 6) is -0.264. The van der Waals surface area contributed by atoms with E-state index in [0.29, 0.717) is 6.54 Å². The number of benzene rings is 1. The predicted octanol–water partition coefficient (Wildman–Crippen LogP) is 3.63. The van der Waals surface area contributed by atoms with Gasteiger partial charge in [0.2, 0.25) is 11.8 Å². The van der Waals surface area contributed by atoms with Gasteiger partial charge in [-0.05, 0) is 47.0 Å². The van der Waals surface area contributed by atoms with Crippen LogP contribution in [0.2, 0.25) is 0 Å². The van der Waals surface area contributed by atoms with Crippen LogP contribution in [0.1, 0.15) is 44.9 Å². The van der Waals surface area contributed by atoms with Gasteiger partial charge in [0, 0.05) is 6.54 Å². The molecule has 1 heterocycles. The van der Waals surface area contributed by atoms with Crippen molar-refractivity contribution in [1.82, 2.24) is 15.5 Å². The second kappa shape index (κ2) is 11.7. The molecule has 0 saturated heterocycles. The van der Waals surface area contributed by atoms with Gasteiger partial charge in [0.25, 0.3) is 0 Å². The number of hydrogen-bond donors (Lipinski definition) is 2. The summed E-state index contributed by atoms with van der Waals surface area (Å²) >= 11 is 1.66. The van der Waals surface area contributed by atoms with Crippen molar-refractivity contribution in [3.63, 3.8) is 0 Å². The molecule has 1 aromatic carbocycles. The van der Waals surface area contributed by atoms with Crippen LogP contribution in [0, 0.1) is 5.92 Å². The van der Waals surface area contributed by atoms with Crippen molar-refractivity contribution in [2.45, 2.75) is 46.2 Å². The van der Waals surface area contributed by atoms with Crippen molar-refractivity contribution in [1.29, 1.82) is 0 Å². The Labute approximate surface area is 178 Å². The van der Waals surface area contributed by atoms with E-state index in [1.165, 1.54) is 5.56 Å². The Morgan fingerprint density at radius 1 is 1.07 bits per heavy atom.